The number of halogens is 2. The van der Waals surface area contributed by atoms with Crippen molar-refractivity contribution in [3.8, 4) is 11.3 Å². The lowest BCUT2D eigenvalue weighted by Crippen LogP contribution is -1.86. The van der Waals surface area contributed by atoms with Crippen molar-refractivity contribution < 1.29 is 9.34 Å². The fraction of sp³-hybridized carbons (Fsp3) is 0. The second-order valence-electron chi connectivity index (χ2n) is 3.03. The van der Waals surface area contributed by atoms with Crippen LogP contribution in [0.5, 0.6) is 0 Å². The van der Waals surface area contributed by atoms with E-state index in [1.165, 1.54) is 12.1 Å². The molecular weight excluding hydrogens is 342 g/mol. The fourth-order valence-corrected chi connectivity index (χ4v) is 2.49. The third-order valence-electron chi connectivity index (χ3n) is 2.00. The minimum absolute atomic E-state index is 0.0606. The zero-order chi connectivity index (χ0) is 11.7. The summed E-state index contributed by atoms with van der Waals surface area (Å²) in [7, 11) is 0. The first-order chi connectivity index (χ1) is 7.58. The Morgan fingerprint density at radius 1 is 1.19 bits per heavy atom. The van der Waals surface area contributed by atoms with Crippen LogP contribution in [-0.4, -0.2) is 4.92 Å². The maximum atomic E-state index is 10.5. The van der Waals surface area contributed by atoms with E-state index in [0.717, 1.165) is 10.0 Å². The summed E-state index contributed by atoms with van der Waals surface area (Å²) >= 11 is 6.56. The fourth-order valence-electron chi connectivity index (χ4n) is 1.27. The lowest BCUT2D eigenvalue weighted by molar-refractivity contribution is -0.384. The van der Waals surface area contributed by atoms with Crippen molar-refractivity contribution in [3.05, 3.63) is 49.6 Å². The van der Waals surface area contributed by atoms with Gasteiger partial charge in [0.1, 0.15) is 5.76 Å². The summed E-state index contributed by atoms with van der Waals surface area (Å²) < 4.78 is 6.80. The number of rotatable bonds is 2. The van der Waals surface area contributed by atoms with Gasteiger partial charge in [-0.3, -0.25) is 10.1 Å². The quantitative estimate of drug-likeness (QED) is 0.599. The second-order valence-corrected chi connectivity index (χ2v) is 4.67. The van der Waals surface area contributed by atoms with E-state index in [1.807, 2.05) is 0 Å². The number of furan rings is 1. The standard InChI is InChI=1S/C10H5Br2NO3/c11-8-5-9(12)16-10(8)6-1-3-7(4-2-6)13(14)15/h1-5H. The lowest BCUT2D eigenvalue weighted by Gasteiger charge is -1.97. The van der Waals surface area contributed by atoms with E-state index < -0.39 is 4.92 Å². The molecule has 0 saturated carbocycles. The smallest absolute Gasteiger partial charge is 0.269 e. The van der Waals surface area contributed by atoms with E-state index in [9.17, 15) is 10.1 Å². The van der Waals surface area contributed by atoms with Crippen LogP contribution in [0.1, 0.15) is 0 Å². The average molecular weight is 347 g/mol. The van der Waals surface area contributed by atoms with Gasteiger partial charge in [-0.15, -0.1) is 0 Å². The molecule has 0 unspecified atom stereocenters. The van der Waals surface area contributed by atoms with E-state index in [2.05, 4.69) is 31.9 Å². The Hall–Kier alpha value is -1.14. The van der Waals surface area contributed by atoms with Crippen molar-refractivity contribution in [2.24, 2.45) is 0 Å². The Morgan fingerprint density at radius 2 is 1.81 bits per heavy atom. The molecule has 0 aliphatic rings. The first-order valence-corrected chi connectivity index (χ1v) is 5.86. The summed E-state index contributed by atoms with van der Waals surface area (Å²) in [6, 6.07) is 7.95. The number of hydrogen-bond donors (Lipinski definition) is 0. The van der Waals surface area contributed by atoms with Crippen LogP contribution in [0.2, 0.25) is 0 Å². The number of benzene rings is 1. The van der Waals surface area contributed by atoms with Gasteiger partial charge < -0.3 is 4.42 Å². The van der Waals surface area contributed by atoms with Crippen LogP contribution >= 0.6 is 31.9 Å². The molecule has 82 valence electrons. The van der Waals surface area contributed by atoms with Crippen LogP contribution in [0.3, 0.4) is 0 Å². The normalized spacial score (nSPS) is 10.4. The molecule has 0 bridgehead atoms. The Bertz CT molecular complexity index is 533. The molecule has 0 atom stereocenters. The molecule has 1 aromatic carbocycles. The molecule has 16 heavy (non-hydrogen) atoms. The van der Waals surface area contributed by atoms with Gasteiger partial charge in [-0.05, 0) is 44.0 Å². The minimum atomic E-state index is -0.434. The molecule has 0 aliphatic carbocycles. The third-order valence-corrected chi connectivity index (χ3v) is 2.98. The van der Waals surface area contributed by atoms with Gasteiger partial charge in [-0.1, -0.05) is 0 Å². The van der Waals surface area contributed by atoms with Crippen LogP contribution in [0, 0.1) is 10.1 Å². The summed E-state index contributed by atoms with van der Waals surface area (Å²) in [5.74, 6) is 0.641. The van der Waals surface area contributed by atoms with Gasteiger partial charge in [0, 0.05) is 23.8 Å². The maximum absolute atomic E-state index is 10.5. The molecular formula is C10H5Br2NO3. The van der Waals surface area contributed by atoms with Crippen molar-refractivity contribution >= 4 is 37.5 Å². The van der Waals surface area contributed by atoms with E-state index in [0.29, 0.717) is 10.4 Å². The van der Waals surface area contributed by atoms with Gasteiger partial charge in [0.15, 0.2) is 4.67 Å². The largest absolute Gasteiger partial charge is 0.448 e. The van der Waals surface area contributed by atoms with Crippen LogP contribution in [0.25, 0.3) is 11.3 Å². The summed E-state index contributed by atoms with van der Waals surface area (Å²) in [5.41, 5.74) is 0.841. The molecule has 0 spiro atoms. The predicted molar refractivity (Wildman–Crippen MR) is 66.2 cm³/mol. The molecule has 6 heteroatoms. The van der Waals surface area contributed by atoms with Crippen molar-refractivity contribution in [3.63, 3.8) is 0 Å². The minimum Gasteiger partial charge on any atom is -0.448 e. The van der Waals surface area contributed by atoms with Gasteiger partial charge in [-0.25, -0.2) is 0 Å². The first kappa shape index (κ1) is 11.3. The monoisotopic (exact) mass is 345 g/mol. The average Bonchev–Trinajstić information content (AvgIpc) is 2.58. The molecule has 2 aromatic rings. The topological polar surface area (TPSA) is 56.3 Å². The number of nitro benzene ring substituents is 1. The van der Waals surface area contributed by atoms with E-state index in [4.69, 9.17) is 4.42 Å². The highest BCUT2D eigenvalue weighted by Crippen LogP contribution is 2.34. The van der Waals surface area contributed by atoms with Gasteiger partial charge in [0.25, 0.3) is 5.69 Å². The summed E-state index contributed by atoms with van der Waals surface area (Å²) in [5, 5.41) is 10.5. The molecule has 1 heterocycles. The van der Waals surface area contributed by atoms with E-state index in [-0.39, 0.29) is 5.69 Å². The lowest BCUT2D eigenvalue weighted by atomic mass is 10.1. The molecule has 4 nitrogen and oxygen atoms in total. The van der Waals surface area contributed by atoms with E-state index in [1.54, 1.807) is 18.2 Å². The zero-order valence-electron chi connectivity index (χ0n) is 7.81. The summed E-state index contributed by atoms with van der Waals surface area (Å²) in [4.78, 5) is 10.1. The molecule has 0 aliphatic heterocycles. The highest BCUT2D eigenvalue weighted by Gasteiger charge is 2.11. The van der Waals surface area contributed by atoms with Crippen LogP contribution in [0.15, 0.2) is 43.9 Å². The van der Waals surface area contributed by atoms with Gasteiger partial charge >= 0.3 is 0 Å². The van der Waals surface area contributed by atoms with Crippen molar-refractivity contribution in [2.45, 2.75) is 0 Å². The third kappa shape index (κ3) is 2.17. The van der Waals surface area contributed by atoms with Crippen molar-refractivity contribution in [1.29, 1.82) is 0 Å². The molecule has 0 saturated heterocycles. The summed E-state index contributed by atoms with van der Waals surface area (Å²) in [6.45, 7) is 0. The van der Waals surface area contributed by atoms with Crippen LogP contribution in [-0.2, 0) is 0 Å². The highest BCUT2D eigenvalue weighted by atomic mass is 79.9. The maximum Gasteiger partial charge on any atom is 0.269 e. The van der Waals surface area contributed by atoms with Gasteiger partial charge in [0.05, 0.1) is 9.40 Å². The number of non-ortho nitro benzene ring substituents is 1. The molecule has 0 radical (unpaired) electrons. The van der Waals surface area contributed by atoms with Crippen molar-refractivity contribution in [1.82, 2.24) is 0 Å². The Balaban J connectivity index is 2.42. The number of nitrogens with zero attached hydrogens (tertiary/aromatic N) is 1. The van der Waals surface area contributed by atoms with Crippen molar-refractivity contribution in [2.75, 3.05) is 0 Å². The van der Waals surface area contributed by atoms with Gasteiger partial charge in [-0.2, -0.15) is 0 Å². The second kappa shape index (κ2) is 4.39. The zero-order valence-corrected chi connectivity index (χ0v) is 11.0. The van der Waals surface area contributed by atoms with E-state index >= 15 is 0 Å². The van der Waals surface area contributed by atoms with Crippen LogP contribution in [0.4, 0.5) is 5.69 Å². The first-order valence-electron chi connectivity index (χ1n) is 4.27. The highest BCUT2D eigenvalue weighted by molar-refractivity contribution is 9.11. The Morgan fingerprint density at radius 3 is 2.25 bits per heavy atom. The molecule has 0 N–H and O–H groups in total. The van der Waals surface area contributed by atoms with Crippen LogP contribution < -0.4 is 0 Å². The number of nitro groups is 1. The Kier molecular flexibility index (Phi) is 3.11. The number of hydrogen-bond acceptors (Lipinski definition) is 3. The SMILES string of the molecule is O=[N+]([O-])c1ccc(-c2oc(Br)cc2Br)cc1. The van der Waals surface area contributed by atoms with Gasteiger partial charge in [0.2, 0.25) is 0 Å². The molecule has 0 amide bonds. The Labute approximate surface area is 108 Å². The predicted octanol–water partition coefficient (Wildman–Crippen LogP) is 4.38. The summed E-state index contributed by atoms with van der Waals surface area (Å²) in [6.07, 6.45) is 0. The molecule has 0 fully saturated rings. The molecule has 2 rings (SSSR count). The molecule has 1 aromatic heterocycles.